The van der Waals surface area contributed by atoms with Gasteiger partial charge in [-0.25, -0.2) is 0 Å². The zero-order chi connectivity index (χ0) is 17.6. The van der Waals surface area contributed by atoms with Crippen LogP contribution in [0.5, 0.6) is 0 Å². The summed E-state index contributed by atoms with van der Waals surface area (Å²) in [6.07, 6.45) is 2.67. The molecule has 0 spiro atoms. The number of benzene rings is 2. The minimum Gasteiger partial charge on any atom is -0.379 e. The van der Waals surface area contributed by atoms with Gasteiger partial charge in [-0.3, -0.25) is 9.80 Å². The highest BCUT2D eigenvalue weighted by Gasteiger charge is 2.22. The number of piperidine rings is 1. The molecule has 2 aromatic carbocycles. The van der Waals surface area contributed by atoms with Crippen molar-refractivity contribution < 1.29 is 4.74 Å². The maximum absolute atomic E-state index is 5.46. The van der Waals surface area contributed by atoms with Gasteiger partial charge < -0.3 is 4.74 Å². The molecule has 0 unspecified atom stereocenters. The Balaban J connectivity index is 1.25. The van der Waals surface area contributed by atoms with Gasteiger partial charge in [-0.2, -0.15) is 0 Å². The molecule has 2 aromatic rings. The predicted molar refractivity (Wildman–Crippen MR) is 107 cm³/mol. The van der Waals surface area contributed by atoms with E-state index in [1.807, 2.05) is 0 Å². The molecule has 2 fully saturated rings. The van der Waals surface area contributed by atoms with E-state index in [1.165, 1.54) is 49.2 Å². The van der Waals surface area contributed by atoms with Crippen LogP contribution >= 0.6 is 0 Å². The number of nitrogens with zero attached hydrogens (tertiary/aromatic N) is 2. The maximum Gasteiger partial charge on any atom is 0.0594 e. The van der Waals surface area contributed by atoms with Crippen molar-refractivity contribution in [3.63, 3.8) is 0 Å². The van der Waals surface area contributed by atoms with Crippen LogP contribution in [0.15, 0.2) is 54.6 Å². The van der Waals surface area contributed by atoms with Crippen molar-refractivity contribution >= 4 is 0 Å². The second-order valence-corrected chi connectivity index (χ2v) is 7.70. The van der Waals surface area contributed by atoms with Gasteiger partial charge in [0.25, 0.3) is 0 Å². The van der Waals surface area contributed by atoms with Crippen molar-refractivity contribution in [3.8, 4) is 11.1 Å². The molecule has 0 amide bonds. The summed E-state index contributed by atoms with van der Waals surface area (Å²) in [5.41, 5.74) is 4.03. The van der Waals surface area contributed by atoms with Crippen molar-refractivity contribution in [1.82, 2.24) is 9.80 Å². The van der Waals surface area contributed by atoms with Crippen LogP contribution in [0.2, 0.25) is 0 Å². The smallest absolute Gasteiger partial charge is 0.0594 e. The van der Waals surface area contributed by atoms with Gasteiger partial charge in [-0.15, -0.1) is 0 Å². The van der Waals surface area contributed by atoms with Gasteiger partial charge in [-0.1, -0.05) is 54.6 Å². The molecule has 2 aliphatic rings. The molecule has 0 N–H and O–H groups in total. The lowest BCUT2D eigenvalue weighted by molar-refractivity contribution is 0.0242. The van der Waals surface area contributed by atoms with Crippen molar-refractivity contribution in [2.75, 3.05) is 45.9 Å². The zero-order valence-corrected chi connectivity index (χ0v) is 15.6. The molecule has 3 heteroatoms. The van der Waals surface area contributed by atoms with E-state index in [9.17, 15) is 0 Å². The Hall–Kier alpha value is -1.68. The lowest BCUT2D eigenvalue weighted by Crippen LogP contribution is -2.42. The second kappa shape index (κ2) is 8.81. The van der Waals surface area contributed by atoms with Crippen LogP contribution in [0.1, 0.15) is 18.4 Å². The standard InChI is InChI=1S/C23H30N2O/c1-2-4-22(5-3-1)23-8-6-20(7-9-23)18-24-12-10-21(11-13-24)19-25-14-16-26-17-15-25/h1-9,21H,10-19H2. The topological polar surface area (TPSA) is 15.7 Å². The van der Waals surface area contributed by atoms with E-state index >= 15 is 0 Å². The Bertz CT molecular complexity index is 656. The van der Waals surface area contributed by atoms with E-state index < -0.39 is 0 Å². The first-order valence-corrected chi connectivity index (χ1v) is 10.0. The largest absolute Gasteiger partial charge is 0.379 e. The van der Waals surface area contributed by atoms with E-state index in [0.717, 1.165) is 38.8 Å². The molecule has 4 rings (SSSR count). The van der Waals surface area contributed by atoms with E-state index in [2.05, 4.69) is 64.4 Å². The van der Waals surface area contributed by atoms with Gasteiger partial charge in [0.05, 0.1) is 13.2 Å². The van der Waals surface area contributed by atoms with Crippen LogP contribution in [-0.2, 0) is 11.3 Å². The van der Waals surface area contributed by atoms with E-state index in [0.29, 0.717) is 0 Å². The summed E-state index contributed by atoms with van der Waals surface area (Å²) in [6.45, 7) is 8.88. The normalized spacial score (nSPS) is 20.3. The van der Waals surface area contributed by atoms with Gasteiger partial charge in [0.2, 0.25) is 0 Å². The van der Waals surface area contributed by atoms with Crippen LogP contribution in [0.25, 0.3) is 11.1 Å². The fraction of sp³-hybridized carbons (Fsp3) is 0.478. The third-order valence-electron chi connectivity index (χ3n) is 5.79. The van der Waals surface area contributed by atoms with Gasteiger partial charge in [-0.05, 0) is 48.5 Å². The number of likely N-dealkylation sites (tertiary alicyclic amines) is 1. The SMILES string of the molecule is c1ccc(-c2ccc(CN3CCC(CN4CCOCC4)CC3)cc2)cc1. The van der Waals surface area contributed by atoms with Gasteiger partial charge >= 0.3 is 0 Å². The lowest BCUT2D eigenvalue weighted by Gasteiger charge is -2.36. The molecule has 0 aromatic heterocycles. The van der Waals surface area contributed by atoms with Crippen molar-refractivity contribution in [2.45, 2.75) is 19.4 Å². The number of rotatable bonds is 5. The van der Waals surface area contributed by atoms with Crippen LogP contribution in [0.3, 0.4) is 0 Å². The molecule has 0 atom stereocenters. The summed E-state index contributed by atoms with van der Waals surface area (Å²) in [5.74, 6) is 0.866. The van der Waals surface area contributed by atoms with Crippen LogP contribution in [-0.4, -0.2) is 55.7 Å². The highest BCUT2D eigenvalue weighted by Crippen LogP contribution is 2.23. The predicted octanol–water partition coefficient (Wildman–Crippen LogP) is 3.90. The second-order valence-electron chi connectivity index (χ2n) is 7.70. The monoisotopic (exact) mass is 350 g/mol. The molecule has 0 bridgehead atoms. The van der Waals surface area contributed by atoms with Crippen molar-refractivity contribution in [2.24, 2.45) is 5.92 Å². The molecule has 26 heavy (non-hydrogen) atoms. The van der Waals surface area contributed by atoms with E-state index in [-0.39, 0.29) is 0 Å². The van der Waals surface area contributed by atoms with E-state index in [1.54, 1.807) is 0 Å². The summed E-state index contributed by atoms with van der Waals surface area (Å²) in [7, 11) is 0. The van der Waals surface area contributed by atoms with E-state index in [4.69, 9.17) is 4.74 Å². The highest BCUT2D eigenvalue weighted by atomic mass is 16.5. The molecule has 2 saturated heterocycles. The summed E-state index contributed by atoms with van der Waals surface area (Å²) < 4.78 is 5.46. The third kappa shape index (κ3) is 4.73. The van der Waals surface area contributed by atoms with Crippen molar-refractivity contribution in [1.29, 1.82) is 0 Å². The van der Waals surface area contributed by atoms with Crippen molar-refractivity contribution in [3.05, 3.63) is 60.2 Å². The molecule has 2 heterocycles. The molecule has 2 aliphatic heterocycles. The molecular formula is C23H30N2O. The van der Waals surface area contributed by atoms with Crippen LogP contribution in [0.4, 0.5) is 0 Å². The lowest BCUT2D eigenvalue weighted by atomic mass is 9.95. The molecule has 0 radical (unpaired) electrons. The van der Waals surface area contributed by atoms with Gasteiger partial charge in [0.15, 0.2) is 0 Å². The Morgan fingerprint density at radius 3 is 2.08 bits per heavy atom. The number of hydrogen-bond donors (Lipinski definition) is 0. The Morgan fingerprint density at radius 2 is 1.38 bits per heavy atom. The number of morpholine rings is 1. The fourth-order valence-electron chi connectivity index (χ4n) is 4.17. The Labute approximate surface area is 157 Å². The minimum atomic E-state index is 0.866. The third-order valence-corrected chi connectivity index (χ3v) is 5.79. The van der Waals surface area contributed by atoms with Crippen LogP contribution < -0.4 is 0 Å². The minimum absolute atomic E-state index is 0.866. The summed E-state index contributed by atoms with van der Waals surface area (Å²) in [4.78, 5) is 5.21. The summed E-state index contributed by atoms with van der Waals surface area (Å²) >= 11 is 0. The first-order valence-electron chi connectivity index (χ1n) is 10.0. The van der Waals surface area contributed by atoms with Gasteiger partial charge in [0.1, 0.15) is 0 Å². The first kappa shape index (κ1) is 17.7. The quantitative estimate of drug-likeness (QED) is 0.813. The first-order chi connectivity index (χ1) is 12.9. The summed E-state index contributed by atoms with van der Waals surface area (Å²) in [5, 5.41) is 0. The molecule has 138 valence electrons. The Kier molecular flexibility index (Phi) is 6.00. The fourth-order valence-corrected chi connectivity index (χ4v) is 4.17. The Morgan fingerprint density at radius 1 is 0.731 bits per heavy atom. The summed E-state index contributed by atoms with van der Waals surface area (Å²) in [6, 6.07) is 19.7. The number of ether oxygens (including phenoxy) is 1. The molecule has 3 nitrogen and oxygen atoms in total. The highest BCUT2D eigenvalue weighted by molar-refractivity contribution is 5.63. The molecular weight excluding hydrogens is 320 g/mol. The average molecular weight is 351 g/mol. The zero-order valence-electron chi connectivity index (χ0n) is 15.6. The number of hydrogen-bond acceptors (Lipinski definition) is 3. The maximum atomic E-state index is 5.46. The average Bonchev–Trinajstić information content (AvgIpc) is 2.72. The molecule has 0 aliphatic carbocycles. The molecule has 0 saturated carbocycles. The van der Waals surface area contributed by atoms with Crippen LogP contribution in [0, 0.1) is 5.92 Å². The van der Waals surface area contributed by atoms with Gasteiger partial charge in [0, 0.05) is 26.2 Å².